The normalized spacial score (nSPS) is 11.5. The number of hydrogen-bond donors (Lipinski definition) is 0. The van der Waals surface area contributed by atoms with Crippen LogP contribution in [0.5, 0.6) is 11.5 Å². The van der Waals surface area contributed by atoms with Crippen LogP contribution in [0.3, 0.4) is 0 Å². The molecule has 5 nitrogen and oxygen atoms in total. The predicted molar refractivity (Wildman–Crippen MR) is 219 cm³/mol. The number of hydrogen-bond acceptors (Lipinski definition) is 5. The SMILES string of the molecule is Cc1cc(-c2ccc(C#N)cc2)ccc1OC(=O)c1ccc(OCCCCCCCCCCO[Si](c2ccccc2)(c2ccccc2)C(C)(C)C)cc1. The van der Waals surface area contributed by atoms with Gasteiger partial charge in [-0.1, -0.05) is 138 Å². The van der Waals surface area contributed by atoms with E-state index in [0.29, 0.717) is 23.5 Å². The molecule has 5 aromatic rings. The zero-order valence-corrected chi connectivity index (χ0v) is 32.8. The average molecular weight is 724 g/mol. The first-order chi connectivity index (χ1) is 25.7. The van der Waals surface area contributed by atoms with Gasteiger partial charge in [-0.25, -0.2) is 4.79 Å². The molecule has 0 aromatic heterocycles. The second-order valence-electron chi connectivity index (χ2n) is 14.8. The molecule has 0 fully saturated rings. The van der Waals surface area contributed by atoms with Gasteiger partial charge >= 0.3 is 5.97 Å². The molecule has 0 heterocycles. The van der Waals surface area contributed by atoms with Crippen molar-refractivity contribution in [2.45, 2.75) is 84.1 Å². The molecule has 0 aliphatic heterocycles. The molecule has 0 saturated carbocycles. The van der Waals surface area contributed by atoms with Crippen molar-refractivity contribution in [3.05, 3.63) is 144 Å². The third kappa shape index (κ3) is 10.6. The molecule has 0 unspecified atom stereocenters. The van der Waals surface area contributed by atoms with Crippen LogP contribution >= 0.6 is 0 Å². The molecule has 53 heavy (non-hydrogen) atoms. The molecule has 0 aliphatic carbocycles. The summed E-state index contributed by atoms with van der Waals surface area (Å²) in [4.78, 5) is 12.8. The van der Waals surface area contributed by atoms with Crippen molar-refractivity contribution >= 4 is 24.7 Å². The van der Waals surface area contributed by atoms with Crippen LogP contribution in [-0.4, -0.2) is 27.5 Å². The lowest BCUT2D eigenvalue weighted by molar-refractivity contribution is 0.0733. The molecule has 0 saturated heterocycles. The largest absolute Gasteiger partial charge is 0.494 e. The van der Waals surface area contributed by atoms with Crippen molar-refractivity contribution in [2.75, 3.05) is 13.2 Å². The van der Waals surface area contributed by atoms with Crippen LogP contribution in [0.4, 0.5) is 0 Å². The van der Waals surface area contributed by atoms with Crippen LogP contribution in [0.2, 0.25) is 5.04 Å². The Morgan fingerprint density at radius 1 is 0.642 bits per heavy atom. The van der Waals surface area contributed by atoms with E-state index in [1.165, 1.54) is 42.5 Å². The quantitative estimate of drug-likeness (QED) is 0.0390. The maximum absolute atomic E-state index is 12.8. The van der Waals surface area contributed by atoms with E-state index in [2.05, 4.69) is 87.5 Å². The summed E-state index contributed by atoms with van der Waals surface area (Å²) in [5.41, 5.74) is 3.95. The van der Waals surface area contributed by atoms with Crippen molar-refractivity contribution in [3.8, 4) is 28.7 Å². The molecule has 0 aliphatic rings. The highest BCUT2D eigenvalue weighted by atomic mass is 28.4. The highest BCUT2D eigenvalue weighted by Gasteiger charge is 2.49. The number of unbranched alkanes of at least 4 members (excludes halogenated alkanes) is 7. The summed E-state index contributed by atoms with van der Waals surface area (Å²) < 4.78 is 18.7. The standard InChI is InChI=1S/C47H53NO4Si/c1-37-35-41(39-25-23-38(36-48)24-26-39)29-32-45(37)52-46(49)40-27-30-42(31-28-40)50-33-17-9-7-5-6-8-10-18-34-51-53(47(2,3)4,43-19-13-11-14-20-43)44-21-15-12-16-22-44/h11-16,19-32,35H,5-10,17-18,33-34H2,1-4H3. The van der Waals surface area contributed by atoms with E-state index in [-0.39, 0.29) is 5.04 Å². The van der Waals surface area contributed by atoms with E-state index in [0.717, 1.165) is 48.3 Å². The number of carbonyl (C=O) groups is 1. The Morgan fingerprint density at radius 2 is 1.17 bits per heavy atom. The number of aryl methyl sites for hydroxylation is 1. The number of nitriles is 1. The zero-order valence-electron chi connectivity index (χ0n) is 31.8. The fourth-order valence-electron chi connectivity index (χ4n) is 6.97. The number of carbonyl (C=O) groups excluding carboxylic acids is 1. The lowest BCUT2D eigenvalue weighted by Gasteiger charge is -2.43. The first-order valence-electron chi connectivity index (χ1n) is 19.0. The Balaban J connectivity index is 0.959. The van der Waals surface area contributed by atoms with E-state index >= 15 is 0 Å². The second-order valence-corrected chi connectivity index (χ2v) is 19.1. The third-order valence-corrected chi connectivity index (χ3v) is 14.9. The highest BCUT2D eigenvalue weighted by molar-refractivity contribution is 6.99. The van der Waals surface area contributed by atoms with Gasteiger partial charge in [-0.3, -0.25) is 0 Å². The van der Waals surface area contributed by atoms with Gasteiger partial charge in [0.2, 0.25) is 0 Å². The fourth-order valence-corrected chi connectivity index (χ4v) is 11.6. The first-order valence-corrected chi connectivity index (χ1v) is 20.9. The Kier molecular flexibility index (Phi) is 14.2. The average Bonchev–Trinajstić information content (AvgIpc) is 3.18. The smallest absolute Gasteiger partial charge is 0.343 e. The van der Waals surface area contributed by atoms with Crippen LogP contribution in [0.1, 0.15) is 93.6 Å². The maximum atomic E-state index is 12.8. The van der Waals surface area contributed by atoms with Gasteiger partial charge in [0, 0.05) is 6.61 Å². The summed E-state index contributed by atoms with van der Waals surface area (Å²) >= 11 is 0. The molecule has 0 spiro atoms. The molecule has 6 heteroatoms. The van der Waals surface area contributed by atoms with E-state index in [1.807, 2.05) is 49.4 Å². The summed E-state index contributed by atoms with van der Waals surface area (Å²) in [7, 11) is -2.44. The lowest BCUT2D eigenvalue weighted by Crippen LogP contribution is -2.66. The summed E-state index contributed by atoms with van der Waals surface area (Å²) in [5, 5.41) is 11.7. The van der Waals surface area contributed by atoms with Crippen molar-refractivity contribution in [3.63, 3.8) is 0 Å². The number of rotatable bonds is 18. The summed E-state index contributed by atoms with van der Waals surface area (Å²) in [6, 6.07) is 44.2. The number of nitrogens with zero attached hydrogens (tertiary/aromatic N) is 1. The first kappa shape index (κ1) is 39.2. The van der Waals surface area contributed by atoms with Gasteiger partial charge in [0.25, 0.3) is 8.32 Å². The second kappa shape index (κ2) is 19.2. The third-order valence-electron chi connectivity index (χ3n) is 9.86. The highest BCUT2D eigenvalue weighted by Crippen LogP contribution is 2.37. The van der Waals surface area contributed by atoms with E-state index in [4.69, 9.17) is 19.2 Å². The monoisotopic (exact) mass is 723 g/mol. The zero-order chi connectivity index (χ0) is 37.5. The van der Waals surface area contributed by atoms with E-state index in [1.54, 1.807) is 24.3 Å². The van der Waals surface area contributed by atoms with Crippen LogP contribution in [0, 0.1) is 18.3 Å². The van der Waals surface area contributed by atoms with Crippen LogP contribution in [0.25, 0.3) is 11.1 Å². The van der Waals surface area contributed by atoms with E-state index < -0.39 is 14.3 Å². The molecule has 0 amide bonds. The molecular weight excluding hydrogens is 671 g/mol. The van der Waals surface area contributed by atoms with Gasteiger partial charge < -0.3 is 13.9 Å². The Hall–Kier alpha value is -4.96. The summed E-state index contributed by atoms with van der Waals surface area (Å²) in [6.07, 6.45) is 9.36. The minimum Gasteiger partial charge on any atom is -0.494 e. The molecule has 0 N–H and O–H groups in total. The molecular formula is C47H53NO4Si. The number of ether oxygens (including phenoxy) is 2. The Bertz CT molecular complexity index is 1870. The predicted octanol–water partition coefficient (Wildman–Crippen LogP) is 10.8. The van der Waals surface area contributed by atoms with Gasteiger partial charge in [0.15, 0.2) is 0 Å². The summed E-state index contributed by atoms with van der Waals surface area (Å²) in [5.74, 6) is 0.871. The Morgan fingerprint density at radius 3 is 1.70 bits per heavy atom. The van der Waals surface area contributed by atoms with Gasteiger partial charge in [0.1, 0.15) is 11.5 Å². The van der Waals surface area contributed by atoms with Crippen LogP contribution in [0.15, 0.2) is 127 Å². The van der Waals surface area contributed by atoms with Gasteiger partial charge in [0.05, 0.1) is 23.8 Å². The van der Waals surface area contributed by atoms with Crippen molar-refractivity contribution in [1.82, 2.24) is 0 Å². The minimum atomic E-state index is -2.44. The van der Waals surface area contributed by atoms with Crippen LogP contribution in [-0.2, 0) is 4.43 Å². The molecule has 0 atom stereocenters. The Labute approximate surface area is 317 Å². The maximum Gasteiger partial charge on any atom is 0.343 e. The van der Waals surface area contributed by atoms with Gasteiger partial charge in [-0.15, -0.1) is 0 Å². The fraction of sp³-hybridized carbons (Fsp3) is 0.319. The molecule has 0 radical (unpaired) electrons. The molecule has 5 aromatic carbocycles. The molecule has 5 rings (SSSR count). The number of benzene rings is 5. The van der Waals surface area contributed by atoms with Crippen molar-refractivity contribution in [1.29, 1.82) is 5.26 Å². The topological polar surface area (TPSA) is 68.5 Å². The van der Waals surface area contributed by atoms with Gasteiger partial charge in [-0.05, 0) is 100 Å². The van der Waals surface area contributed by atoms with E-state index in [9.17, 15) is 4.79 Å². The van der Waals surface area contributed by atoms with Crippen molar-refractivity contribution in [2.24, 2.45) is 0 Å². The van der Waals surface area contributed by atoms with Crippen molar-refractivity contribution < 1.29 is 18.7 Å². The number of esters is 1. The van der Waals surface area contributed by atoms with Gasteiger partial charge in [-0.2, -0.15) is 5.26 Å². The minimum absolute atomic E-state index is 0.0148. The summed E-state index contributed by atoms with van der Waals surface area (Å²) in [6.45, 7) is 10.4. The lowest BCUT2D eigenvalue weighted by atomic mass is 10.0. The molecule has 0 bridgehead atoms. The molecule has 274 valence electrons. The van der Waals surface area contributed by atoms with Crippen LogP contribution < -0.4 is 19.8 Å².